The van der Waals surface area contributed by atoms with Crippen LogP contribution in [0.3, 0.4) is 0 Å². The smallest absolute Gasteiger partial charge is 0.127 e. The van der Waals surface area contributed by atoms with Crippen molar-refractivity contribution in [2.24, 2.45) is 5.92 Å². The molecule has 19 heavy (non-hydrogen) atoms. The van der Waals surface area contributed by atoms with E-state index in [1.54, 1.807) is 0 Å². The first-order valence-corrected chi connectivity index (χ1v) is 8.45. The van der Waals surface area contributed by atoms with Crippen LogP contribution in [0.25, 0.3) is 11.0 Å². The fourth-order valence-corrected chi connectivity index (χ4v) is 3.24. The van der Waals surface area contributed by atoms with Crippen LogP contribution < -0.4 is 0 Å². The highest BCUT2D eigenvalue weighted by Gasteiger charge is 2.16. The third-order valence-corrected chi connectivity index (χ3v) is 4.33. The van der Waals surface area contributed by atoms with E-state index in [4.69, 9.17) is 16.6 Å². The number of halogens is 1. The van der Waals surface area contributed by atoms with Gasteiger partial charge in [0.2, 0.25) is 0 Å². The zero-order valence-corrected chi connectivity index (χ0v) is 13.6. The lowest BCUT2D eigenvalue weighted by Gasteiger charge is -2.15. The molecule has 2 unspecified atom stereocenters. The number of thioether (sulfide) groups is 1. The highest BCUT2D eigenvalue weighted by Crippen LogP contribution is 2.26. The van der Waals surface area contributed by atoms with E-state index in [2.05, 4.69) is 42.9 Å². The molecule has 2 rings (SSSR count). The summed E-state index contributed by atoms with van der Waals surface area (Å²) in [6.45, 7) is 7.34. The zero-order valence-electron chi connectivity index (χ0n) is 12.0. The Balaban J connectivity index is 2.46. The molecule has 0 aliphatic carbocycles. The summed E-state index contributed by atoms with van der Waals surface area (Å²) in [6, 6.07) is 6.43. The van der Waals surface area contributed by atoms with Gasteiger partial charge in [-0.1, -0.05) is 13.0 Å². The molecule has 0 saturated carbocycles. The molecule has 0 N–H and O–H groups in total. The molecule has 2 atom stereocenters. The maximum atomic E-state index is 6.29. The zero-order chi connectivity index (χ0) is 14.0. The Morgan fingerprint density at radius 1 is 1.37 bits per heavy atom. The molecule has 0 spiro atoms. The molecule has 4 heteroatoms. The maximum Gasteiger partial charge on any atom is 0.127 e. The Morgan fingerprint density at radius 2 is 2.11 bits per heavy atom. The normalized spacial score (nSPS) is 14.8. The van der Waals surface area contributed by atoms with E-state index in [0.717, 1.165) is 23.6 Å². The molecule has 0 bridgehead atoms. The minimum atomic E-state index is -0.0609. The van der Waals surface area contributed by atoms with E-state index in [9.17, 15) is 0 Å². The van der Waals surface area contributed by atoms with Gasteiger partial charge in [-0.25, -0.2) is 4.98 Å². The molecule has 0 aliphatic rings. The summed E-state index contributed by atoms with van der Waals surface area (Å²) in [7, 11) is 0. The van der Waals surface area contributed by atoms with Crippen molar-refractivity contribution < 1.29 is 0 Å². The molecule has 0 radical (unpaired) electrons. The number of aryl methyl sites for hydroxylation is 1. The lowest BCUT2D eigenvalue weighted by atomic mass is 10.2. The van der Waals surface area contributed by atoms with Crippen molar-refractivity contribution in [2.45, 2.75) is 32.7 Å². The van der Waals surface area contributed by atoms with Gasteiger partial charge < -0.3 is 4.57 Å². The molecule has 0 aliphatic heterocycles. The van der Waals surface area contributed by atoms with Crippen LogP contribution in [-0.2, 0) is 6.54 Å². The Labute approximate surface area is 124 Å². The van der Waals surface area contributed by atoms with Crippen molar-refractivity contribution in [2.75, 3.05) is 12.0 Å². The van der Waals surface area contributed by atoms with Gasteiger partial charge in [-0.3, -0.25) is 0 Å². The fourth-order valence-electron chi connectivity index (χ4n) is 2.40. The largest absolute Gasteiger partial charge is 0.326 e. The van der Waals surface area contributed by atoms with Crippen LogP contribution in [0.15, 0.2) is 18.2 Å². The highest BCUT2D eigenvalue weighted by atomic mass is 35.5. The molecular formula is C15H21ClN2S. The summed E-state index contributed by atoms with van der Waals surface area (Å²) in [6.07, 6.45) is 2.15. The van der Waals surface area contributed by atoms with Gasteiger partial charge in [0, 0.05) is 6.54 Å². The van der Waals surface area contributed by atoms with Gasteiger partial charge in [-0.05, 0) is 49.5 Å². The summed E-state index contributed by atoms with van der Waals surface area (Å²) in [5.41, 5.74) is 3.49. The molecule has 2 aromatic rings. The molecule has 1 aromatic carbocycles. The first-order chi connectivity index (χ1) is 9.02. The molecule has 104 valence electrons. The van der Waals surface area contributed by atoms with E-state index in [1.807, 2.05) is 18.7 Å². The van der Waals surface area contributed by atoms with E-state index >= 15 is 0 Å². The van der Waals surface area contributed by atoms with Crippen LogP contribution in [-0.4, -0.2) is 21.6 Å². The average molecular weight is 297 g/mol. The van der Waals surface area contributed by atoms with Gasteiger partial charge in [0.15, 0.2) is 0 Å². The van der Waals surface area contributed by atoms with Crippen LogP contribution in [0.5, 0.6) is 0 Å². The van der Waals surface area contributed by atoms with Gasteiger partial charge in [0.25, 0.3) is 0 Å². The Kier molecular flexibility index (Phi) is 4.80. The van der Waals surface area contributed by atoms with E-state index < -0.39 is 0 Å². The number of benzene rings is 1. The lowest BCUT2D eigenvalue weighted by Crippen LogP contribution is -2.13. The third-order valence-electron chi connectivity index (χ3n) is 3.23. The van der Waals surface area contributed by atoms with Crippen LogP contribution in [0.4, 0.5) is 0 Å². The van der Waals surface area contributed by atoms with Crippen LogP contribution in [0.2, 0.25) is 0 Å². The number of rotatable bonds is 5. The molecule has 0 fully saturated rings. The Bertz CT molecular complexity index is 563. The molecule has 0 amide bonds. The minimum Gasteiger partial charge on any atom is -0.326 e. The van der Waals surface area contributed by atoms with Crippen molar-refractivity contribution in [1.82, 2.24) is 9.55 Å². The van der Waals surface area contributed by atoms with Gasteiger partial charge in [-0.15, -0.1) is 11.6 Å². The highest BCUT2D eigenvalue weighted by molar-refractivity contribution is 7.98. The Hall–Kier alpha value is -0.670. The molecular weight excluding hydrogens is 276 g/mol. The first kappa shape index (κ1) is 14.7. The first-order valence-electron chi connectivity index (χ1n) is 6.62. The van der Waals surface area contributed by atoms with Gasteiger partial charge in [-0.2, -0.15) is 11.8 Å². The minimum absolute atomic E-state index is 0.0609. The number of alkyl halides is 1. The van der Waals surface area contributed by atoms with Gasteiger partial charge in [0.05, 0.1) is 16.4 Å². The number of fused-ring (bicyclic) bond motifs is 1. The SMILES string of the molecule is CSCC(C)Cn1c(C(C)Cl)nc2cc(C)ccc21. The van der Waals surface area contributed by atoms with Crippen molar-refractivity contribution in [3.63, 3.8) is 0 Å². The third kappa shape index (κ3) is 3.26. The summed E-state index contributed by atoms with van der Waals surface area (Å²) in [5.74, 6) is 2.75. The topological polar surface area (TPSA) is 17.8 Å². The summed E-state index contributed by atoms with van der Waals surface area (Å²) in [5, 5.41) is -0.0609. The number of nitrogens with zero attached hydrogens (tertiary/aromatic N) is 2. The molecule has 0 saturated heterocycles. The van der Waals surface area contributed by atoms with Crippen LogP contribution >= 0.6 is 23.4 Å². The number of hydrogen-bond donors (Lipinski definition) is 0. The standard InChI is InChI=1S/C15H21ClN2S/c1-10-5-6-14-13(7-10)17-15(12(3)16)18(14)8-11(2)9-19-4/h5-7,11-12H,8-9H2,1-4H3. The average Bonchev–Trinajstić information content (AvgIpc) is 2.67. The number of imidazole rings is 1. The van der Waals surface area contributed by atoms with Crippen molar-refractivity contribution in [3.8, 4) is 0 Å². The molecule has 2 nitrogen and oxygen atoms in total. The van der Waals surface area contributed by atoms with Gasteiger partial charge in [0.1, 0.15) is 5.82 Å². The molecule has 1 heterocycles. The van der Waals surface area contributed by atoms with Crippen molar-refractivity contribution in [3.05, 3.63) is 29.6 Å². The van der Waals surface area contributed by atoms with Crippen LogP contribution in [0, 0.1) is 12.8 Å². The molecule has 1 aromatic heterocycles. The Morgan fingerprint density at radius 3 is 2.74 bits per heavy atom. The van der Waals surface area contributed by atoms with E-state index in [1.165, 1.54) is 11.1 Å². The monoisotopic (exact) mass is 296 g/mol. The fraction of sp³-hybridized carbons (Fsp3) is 0.533. The number of aromatic nitrogens is 2. The van der Waals surface area contributed by atoms with Gasteiger partial charge >= 0.3 is 0 Å². The number of hydrogen-bond acceptors (Lipinski definition) is 2. The second-order valence-corrected chi connectivity index (χ2v) is 6.81. The van der Waals surface area contributed by atoms with Crippen molar-refractivity contribution >= 4 is 34.4 Å². The second kappa shape index (κ2) is 6.19. The summed E-state index contributed by atoms with van der Waals surface area (Å²) < 4.78 is 2.29. The quantitative estimate of drug-likeness (QED) is 0.748. The lowest BCUT2D eigenvalue weighted by molar-refractivity contribution is 0.524. The van der Waals surface area contributed by atoms with Crippen molar-refractivity contribution in [1.29, 1.82) is 0 Å². The predicted octanol–water partition coefficient (Wildman–Crippen LogP) is 4.64. The van der Waals surface area contributed by atoms with E-state index in [0.29, 0.717) is 5.92 Å². The second-order valence-electron chi connectivity index (χ2n) is 5.25. The van der Waals surface area contributed by atoms with E-state index in [-0.39, 0.29) is 5.38 Å². The maximum absolute atomic E-state index is 6.29. The predicted molar refractivity (Wildman–Crippen MR) is 86.3 cm³/mol. The summed E-state index contributed by atoms with van der Waals surface area (Å²) in [4.78, 5) is 4.71. The van der Waals surface area contributed by atoms with Crippen LogP contribution in [0.1, 0.15) is 30.6 Å². The summed E-state index contributed by atoms with van der Waals surface area (Å²) >= 11 is 8.18.